The molecular weight excluding hydrogens is 702 g/mol. The molecule has 4 aromatic rings. The zero-order valence-electron chi connectivity index (χ0n) is 30.4. The molecule has 1 aliphatic carbocycles. The molecule has 0 heterocycles. The average molecular weight is 750 g/mol. The van der Waals surface area contributed by atoms with Crippen LogP contribution in [0.25, 0.3) is 11.1 Å². The maximum Gasteiger partial charge on any atom is 0.407 e. The first-order valence-electron chi connectivity index (χ1n) is 18.4. The third-order valence-electron chi connectivity index (χ3n) is 9.46. The summed E-state index contributed by atoms with van der Waals surface area (Å²) in [5.41, 5.74) is 11.4. The molecule has 3 atom stereocenters. The number of carboxylic acids is 1. The molecule has 0 unspecified atom stereocenters. The fourth-order valence-electron chi connectivity index (χ4n) is 6.64. The van der Waals surface area contributed by atoms with Gasteiger partial charge in [-0.1, -0.05) is 91.0 Å². The number of benzene rings is 4. The summed E-state index contributed by atoms with van der Waals surface area (Å²) in [7, 11) is 0. The van der Waals surface area contributed by atoms with Gasteiger partial charge in [0.2, 0.25) is 17.7 Å². The van der Waals surface area contributed by atoms with E-state index < -0.39 is 47.9 Å². The van der Waals surface area contributed by atoms with E-state index in [1.165, 1.54) is 12.1 Å². The number of nitrogens with two attached hydrogens (primary N) is 1. The molecule has 1 aliphatic rings. The minimum atomic E-state index is -1.14. The second-order valence-electron chi connectivity index (χ2n) is 13.4. The molecule has 0 saturated heterocycles. The Morgan fingerprint density at radius 2 is 1.20 bits per heavy atom. The van der Waals surface area contributed by atoms with Gasteiger partial charge in [-0.25, -0.2) is 4.79 Å². The number of fused-ring (bicyclic) bond motifs is 3. The topological polar surface area (TPSA) is 209 Å². The Balaban J connectivity index is 1.31. The molecular formula is C42H47N5O8. The zero-order valence-corrected chi connectivity index (χ0v) is 30.4. The van der Waals surface area contributed by atoms with Gasteiger partial charge in [0.25, 0.3) is 0 Å². The van der Waals surface area contributed by atoms with Gasteiger partial charge in [0, 0.05) is 25.3 Å². The highest BCUT2D eigenvalue weighted by atomic mass is 16.5. The lowest BCUT2D eigenvalue weighted by molar-refractivity contribution is -0.137. The summed E-state index contributed by atoms with van der Waals surface area (Å²) in [6, 6.07) is 27.7. The number of phenols is 1. The number of alkyl carbamates (subject to hydrolysis) is 1. The van der Waals surface area contributed by atoms with Gasteiger partial charge in [-0.3, -0.25) is 19.2 Å². The first kappa shape index (κ1) is 40.0. The Labute approximate surface area is 319 Å². The summed E-state index contributed by atoms with van der Waals surface area (Å²) in [6.45, 7) is 0.244. The van der Waals surface area contributed by atoms with E-state index in [1.54, 1.807) is 12.1 Å². The third-order valence-corrected chi connectivity index (χ3v) is 9.46. The lowest BCUT2D eigenvalue weighted by atomic mass is 9.98. The molecule has 55 heavy (non-hydrogen) atoms. The smallest absolute Gasteiger partial charge is 0.407 e. The molecule has 8 N–H and O–H groups in total. The number of amides is 4. The van der Waals surface area contributed by atoms with Crippen LogP contribution >= 0.6 is 0 Å². The van der Waals surface area contributed by atoms with Gasteiger partial charge in [-0.05, 0) is 71.3 Å². The number of hydrogen-bond donors (Lipinski definition) is 7. The van der Waals surface area contributed by atoms with E-state index in [1.807, 2.05) is 78.9 Å². The first-order valence-corrected chi connectivity index (χ1v) is 18.4. The van der Waals surface area contributed by atoms with Crippen LogP contribution in [0.15, 0.2) is 103 Å². The molecule has 4 amide bonds. The largest absolute Gasteiger partial charge is 0.508 e. The number of aromatic hydroxyl groups is 1. The molecule has 0 aromatic heterocycles. The summed E-state index contributed by atoms with van der Waals surface area (Å²) < 4.78 is 5.76. The Bertz CT molecular complexity index is 1890. The van der Waals surface area contributed by atoms with Crippen molar-refractivity contribution >= 4 is 29.8 Å². The number of ether oxygens (including phenoxy) is 1. The number of rotatable bonds is 19. The molecule has 0 spiro atoms. The second kappa shape index (κ2) is 19.7. The predicted molar refractivity (Wildman–Crippen MR) is 206 cm³/mol. The van der Waals surface area contributed by atoms with Crippen molar-refractivity contribution in [3.05, 3.63) is 125 Å². The molecule has 288 valence electrons. The van der Waals surface area contributed by atoms with Gasteiger partial charge in [0.05, 0.1) is 6.42 Å². The number of carbonyl (C=O) groups is 5. The number of hydrogen-bond acceptors (Lipinski definition) is 8. The van der Waals surface area contributed by atoms with E-state index in [-0.39, 0.29) is 50.5 Å². The van der Waals surface area contributed by atoms with Gasteiger partial charge in [0.15, 0.2) is 0 Å². The molecule has 13 heteroatoms. The fraction of sp³-hybridized carbons (Fsp3) is 0.310. The van der Waals surface area contributed by atoms with Crippen LogP contribution in [0.4, 0.5) is 4.79 Å². The summed E-state index contributed by atoms with van der Waals surface area (Å²) in [6.07, 6.45) is 0.239. The van der Waals surface area contributed by atoms with Crippen molar-refractivity contribution in [3.8, 4) is 16.9 Å². The number of phenolic OH excluding ortho intramolecular Hbond substituents is 1. The summed E-state index contributed by atoms with van der Waals surface area (Å²) in [4.78, 5) is 65.6. The minimum absolute atomic E-state index is 0.0222. The van der Waals surface area contributed by atoms with Crippen LogP contribution < -0.4 is 27.0 Å². The predicted octanol–water partition coefficient (Wildman–Crippen LogP) is 3.77. The minimum Gasteiger partial charge on any atom is -0.508 e. The molecule has 0 saturated carbocycles. The van der Waals surface area contributed by atoms with E-state index in [0.717, 1.165) is 27.8 Å². The van der Waals surface area contributed by atoms with Crippen LogP contribution in [0.2, 0.25) is 0 Å². The summed E-state index contributed by atoms with van der Waals surface area (Å²) in [5, 5.41) is 29.6. The second-order valence-corrected chi connectivity index (χ2v) is 13.4. The number of unbranched alkanes of at least 4 members (excludes halogenated alkanes) is 1. The van der Waals surface area contributed by atoms with E-state index in [9.17, 15) is 29.1 Å². The van der Waals surface area contributed by atoms with Gasteiger partial charge in [-0.15, -0.1) is 0 Å². The van der Waals surface area contributed by atoms with Gasteiger partial charge < -0.3 is 42.0 Å². The average Bonchev–Trinajstić information content (AvgIpc) is 3.50. The summed E-state index contributed by atoms with van der Waals surface area (Å²) in [5.74, 6) is -3.17. The van der Waals surface area contributed by atoms with Gasteiger partial charge in [0.1, 0.15) is 30.5 Å². The normalized spacial score (nSPS) is 13.3. The molecule has 0 aliphatic heterocycles. The quantitative estimate of drug-likeness (QED) is 0.0695. The van der Waals surface area contributed by atoms with Crippen molar-refractivity contribution in [2.75, 3.05) is 19.7 Å². The SMILES string of the molecule is NCCCC[C@H](NC(=O)[C@H](Cc1ccccc1)NC(=O)OCC1c2ccccc2-c2ccccc21)C(=O)N[C@H](Cc1ccc(O)cc1)C(=O)NCCC(=O)O. The zero-order chi connectivity index (χ0) is 39.2. The number of carboxylic acid groups (broad SMARTS) is 1. The molecule has 0 bridgehead atoms. The molecule has 4 aromatic carbocycles. The van der Waals surface area contributed by atoms with E-state index >= 15 is 0 Å². The molecule has 13 nitrogen and oxygen atoms in total. The van der Waals surface area contributed by atoms with Crippen molar-refractivity contribution in [2.24, 2.45) is 5.73 Å². The van der Waals surface area contributed by atoms with Crippen molar-refractivity contribution in [2.45, 2.75) is 62.6 Å². The first-order chi connectivity index (χ1) is 26.6. The Hall–Kier alpha value is -6.21. The van der Waals surface area contributed by atoms with E-state index in [2.05, 4.69) is 21.3 Å². The van der Waals surface area contributed by atoms with Gasteiger partial charge >= 0.3 is 12.1 Å². The summed E-state index contributed by atoms with van der Waals surface area (Å²) >= 11 is 0. The van der Waals surface area contributed by atoms with Crippen LogP contribution in [0.3, 0.4) is 0 Å². The van der Waals surface area contributed by atoms with Crippen molar-refractivity contribution in [1.82, 2.24) is 21.3 Å². The number of aliphatic carboxylic acids is 1. The highest BCUT2D eigenvalue weighted by Gasteiger charge is 2.32. The molecule has 0 radical (unpaired) electrons. The Morgan fingerprint density at radius 3 is 1.82 bits per heavy atom. The standard InChI is InChI=1S/C42H47N5O8/c43-22-9-8-16-35(40(52)46-36(39(51)44-23-21-38(49)50)25-28-17-19-29(48)20-18-28)45-41(53)37(24-27-10-2-1-3-11-27)47-42(54)55-26-34-32-14-6-4-12-30(32)31-13-5-7-15-33(31)34/h1-7,10-15,17-20,34-37,48H,8-9,16,21-26,43H2,(H,44,51)(H,45,53)(H,46,52)(H,47,54)(H,49,50)/t35-,36+,37-/m0/s1. The lowest BCUT2D eigenvalue weighted by Crippen LogP contribution is -2.57. The molecule has 0 fully saturated rings. The maximum atomic E-state index is 14.0. The third kappa shape index (κ3) is 11.4. The lowest BCUT2D eigenvalue weighted by Gasteiger charge is -2.26. The van der Waals surface area contributed by atoms with Crippen molar-refractivity contribution in [3.63, 3.8) is 0 Å². The highest BCUT2D eigenvalue weighted by Crippen LogP contribution is 2.44. The van der Waals surface area contributed by atoms with Crippen LogP contribution in [-0.4, -0.2) is 77.8 Å². The number of carbonyl (C=O) groups excluding carboxylic acids is 4. The van der Waals surface area contributed by atoms with E-state index in [4.69, 9.17) is 15.6 Å². The van der Waals surface area contributed by atoms with Crippen LogP contribution in [-0.2, 0) is 36.8 Å². The highest BCUT2D eigenvalue weighted by molar-refractivity contribution is 5.94. The van der Waals surface area contributed by atoms with Crippen LogP contribution in [0.1, 0.15) is 53.9 Å². The van der Waals surface area contributed by atoms with Crippen molar-refractivity contribution < 1.29 is 38.9 Å². The van der Waals surface area contributed by atoms with E-state index in [0.29, 0.717) is 24.9 Å². The van der Waals surface area contributed by atoms with Crippen LogP contribution in [0.5, 0.6) is 5.75 Å². The Kier molecular flexibility index (Phi) is 14.4. The van der Waals surface area contributed by atoms with Gasteiger partial charge in [-0.2, -0.15) is 0 Å². The molecule has 5 rings (SSSR count). The Morgan fingerprint density at radius 1 is 0.655 bits per heavy atom. The van der Waals surface area contributed by atoms with Crippen LogP contribution in [0, 0.1) is 0 Å². The monoisotopic (exact) mass is 749 g/mol. The maximum absolute atomic E-state index is 14.0. The van der Waals surface area contributed by atoms with Crippen molar-refractivity contribution in [1.29, 1.82) is 0 Å². The number of nitrogens with one attached hydrogen (secondary N) is 4. The fourth-order valence-corrected chi connectivity index (χ4v) is 6.64.